The van der Waals surface area contributed by atoms with E-state index in [-0.39, 0.29) is 5.91 Å². The molecule has 0 saturated carbocycles. The molecule has 2 aromatic carbocycles. The molecular formula is C23H22ClN3O4S. The fraction of sp³-hybridized carbons (Fsp3) is 0.217. The largest absolute Gasteiger partial charge is 0.493 e. The second-order valence-corrected chi connectivity index (χ2v) is 8.49. The normalized spacial score (nSPS) is 10.9. The van der Waals surface area contributed by atoms with E-state index >= 15 is 0 Å². The molecule has 0 spiro atoms. The number of carbonyl (C=O) groups excluding carboxylic acids is 1. The highest BCUT2D eigenvalue weighted by Crippen LogP contribution is 2.38. The van der Waals surface area contributed by atoms with E-state index in [9.17, 15) is 4.79 Å². The Labute approximate surface area is 194 Å². The first-order valence-electron chi connectivity index (χ1n) is 9.74. The molecule has 0 aliphatic rings. The quantitative estimate of drug-likeness (QED) is 0.414. The molecule has 0 fully saturated rings. The Bertz CT molecular complexity index is 1260. The number of halogens is 1. The van der Waals surface area contributed by atoms with Crippen LogP contribution in [-0.2, 0) is 13.6 Å². The van der Waals surface area contributed by atoms with Crippen LogP contribution in [0.5, 0.6) is 17.2 Å². The van der Waals surface area contributed by atoms with Crippen molar-refractivity contribution in [1.82, 2.24) is 15.1 Å². The van der Waals surface area contributed by atoms with Gasteiger partial charge >= 0.3 is 0 Å². The lowest BCUT2D eigenvalue weighted by Gasteiger charge is -2.14. The average Bonchev–Trinajstić information content (AvgIpc) is 3.38. The summed E-state index contributed by atoms with van der Waals surface area (Å²) in [5.74, 6) is 1.42. The highest BCUT2D eigenvalue weighted by atomic mass is 35.5. The number of nitrogens with one attached hydrogen (secondary N) is 1. The van der Waals surface area contributed by atoms with Crippen molar-refractivity contribution >= 4 is 39.1 Å². The van der Waals surface area contributed by atoms with Crippen LogP contribution in [0.4, 0.5) is 0 Å². The molecule has 0 atom stereocenters. The summed E-state index contributed by atoms with van der Waals surface area (Å²) in [4.78, 5) is 14.4. The maximum Gasteiger partial charge on any atom is 0.261 e. The van der Waals surface area contributed by atoms with Gasteiger partial charge < -0.3 is 19.5 Å². The van der Waals surface area contributed by atoms with Crippen LogP contribution >= 0.6 is 22.9 Å². The van der Waals surface area contributed by atoms with Crippen LogP contribution in [0.25, 0.3) is 21.5 Å². The Morgan fingerprint density at radius 1 is 1.06 bits per heavy atom. The zero-order valence-corrected chi connectivity index (χ0v) is 19.6. The maximum absolute atomic E-state index is 12.9. The van der Waals surface area contributed by atoms with Crippen molar-refractivity contribution in [2.75, 3.05) is 21.3 Å². The number of aryl methyl sites for hydroxylation is 1. The number of aromatic nitrogens is 2. The predicted molar refractivity (Wildman–Crippen MR) is 126 cm³/mol. The van der Waals surface area contributed by atoms with Gasteiger partial charge in [0.05, 0.1) is 26.2 Å². The van der Waals surface area contributed by atoms with E-state index in [1.807, 2.05) is 49.5 Å². The second-order valence-electron chi connectivity index (χ2n) is 7.02. The Kier molecular flexibility index (Phi) is 6.25. The van der Waals surface area contributed by atoms with E-state index in [1.54, 1.807) is 26.0 Å². The van der Waals surface area contributed by atoms with Crippen LogP contribution < -0.4 is 19.5 Å². The first-order chi connectivity index (χ1) is 15.4. The SMILES string of the molecule is COc1cc(CNC(=O)c2cc3c(-c4ccc(Cl)cc4)nn(C)c3s2)cc(OC)c1OC. The molecular weight excluding hydrogens is 450 g/mol. The molecule has 166 valence electrons. The number of amides is 1. The minimum absolute atomic E-state index is 0.165. The van der Waals surface area contributed by atoms with Crippen molar-refractivity contribution in [3.05, 3.63) is 57.9 Å². The number of rotatable bonds is 7. The van der Waals surface area contributed by atoms with Crippen LogP contribution in [0.1, 0.15) is 15.2 Å². The van der Waals surface area contributed by atoms with E-state index in [0.29, 0.717) is 33.7 Å². The molecule has 0 aliphatic carbocycles. The molecule has 7 nitrogen and oxygen atoms in total. The third kappa shape index (κ3) is 4.11. The zero-order chi connectivity index (χ0) is 22.8. The summed E-state index contributed by atoms with van der Waals surface area (Å²) in [6.45, 7) is 0.312. The van der Waals surface area contributed by atoms with Crippen molar-refractivity contribution in [2.24, 2.45) is 7.05 Å². The van der Waals surface area contributed by atoms with Crippen molar-refractivity contribution < 1.29 is 19.0 Å². The summed E-state index contributed by atoms with van der Waals surface area (Å²) in [7, 11) is 6.54. The molecule has 2 heterocycles. The van der Waals surface area contributed by atoms with Gasteiger partial charge in [-0.25, -0.2) is 0 Å². The molecule has 2 aromatic heterocycles. The minimum Gasteiger partial charge on any atom is -0.493 e. The summed E-state index contributed by atoms with van der Waals surface area (Å²) < 4.78 is 17.9. The molecule has 0 saturated heterocycles. The minimum atomic E-state index is -0.165. The van der Waals surface area contributed by atoms with E-state index in [1.165, 1.54) is 11.3 Å². The van der Waals surface area contributed by atoms with Crippen molar-refractivity contribution in [3.63, 3.8) is 0 Å². The Morgan fingerprint density at radius 3 is 2.31 bits per heavy atom. The molecule has 32 heavy (non-hydrogen) atoms. The van der Waals surface area contributed by atoms with Gasteiger partial charge in [-0.05, 0) is 35.9 Å². The fourth-order valence-electron chi connectivity index (χ4n) is 3.48. The predicted octanol–water partition coefficient (Wildman–Crippen LogP) is 4.91. The lowest BCUT2D eigenvalue weighted by molar-refractivity contribution is 0.0955. The Morgan fingerprint density at radius 2 is 1.72 bits per heavy atom. The van der Waals surface area contributed by atoms with Crippen LogP contribution in [0.3, 0.4) is 0 Å². The lowest BCUT2D eigenvalue weighted by atomic mass is 10.1. The average molecular weight is 472 g/mol. The van der Waals surface area contributed by atoms with Crippen molar-refractivity contribution in [3.8, 4) is 28.5 Å². The standard InChI is InChI=1S/C23H22ClN3O4S/c1-27-23-16(20(26-27)14-5-7-15(24)8-6-14)11-19(32-23)22(28)25-12-13-9-17(29-2)21(31-4)18(10-13)30-3/h5-11H,12H2,1-4H3,(H,25,28). The Hall–Kier alpha value is -3.23. The van der Waals surface area contributed by atoms with E-state index in [2.05, 4.69) is 10.4 Å². The van der Waals surface area contributed by atoms with E-state index < -0.39 is 0 Å². The van der Waals surface area contributed by atoms with E-state index in [4.69, 9.17) is 25.8 Å². The van der Waals surface area contributed by atoms with Gasteiger partial charge in [-0.2, -0.15) is 5.10 Å². The lowest BCUT2D eigenvalue weighted by Crippen LogP contribution is -2.21. The molecule has 4 rings (SSSR count). The third-order valence-electron chi connectivity index (χ3n) is 5.03. The highest BCUT2D eigenvalue weighted by molar-refractivity contribution is 7.20. The number of ether oxygens (including phenoxy) is 3. The van der Waals surface area contributed by atoms with E-state index in [0.717, 1.165) is 27.0 Å². The van der Waals surface area contributed by atoms with Crippen LogP contribution in [0, 0.1) is 0 Å². The summed E-state index contributed by atoms with van der Waals surface area (Å²) in [5.41, 5.74) is 2.60. The van der Waals surface area contributed by atoms with Gasteiger partial charge in [-0.1, -0.05) is 23.7 Å². The van der Waals surface area contributed by atoms with Gasteiger partial charge in [0.15, 0.2) is 11.5 Å². The molecule has 0 bridgehead atoms. The van der Waals surface area contributed by atoms with Crippen LogP contribution in [0.15, 0.2) is 42.5 Å². The highest BCUT2D eigenvalue weighted by Gasteiger charge is 2.19. The van der Waals surface area contributed by atoms with Gasteiger partial charge in [0.1, 0.15) is 10.5 Å². The smallest absolute Gasteiger partial charge is 0.261 e. The molecule has 4 aromatic rings. The van der Waals surface area contributed by atoms with Crippen LogP contribution in [0.2, 0.25) is 5.02 Å². The summed E-state index contributed by atoms with van der Waals surface area (Å²) >= 11 is 7.41. The van der Waals surface area contributed by atoms with Gasteiger partial charge in [0.2, 0.25) is 5.75 Å². The van der Waals surface area contributed by atoms with Gasteiger partial charge in [-0.15, -0.1) is 11.3 Å². The fourth-order valence-corrected chi connectivity index (χ4v) is 4.59. The topological polar surface area (TPSA) is 74.6 Å². The van der Waals surface area contributed by atoms with Gasteiger partial charge in [0.25, 0.3) is 5.91 Å². The monoisotopic (exact) mass is 471 g/mol. The summed E-state index contributed by atoms with van der Waals surface area (Å²) in [6, 6.07) is 13.0. The number of thiophene rings is 1. The number of hydrogen-bond donors (Lipinski definition) is 1. The van der Waals surface area contributed by atoms with Crippen LogP contribution in [-0.4, -0.2) is 37.0 Å². The number of carbonyl (C=O) groups is 1. The second kappa shape index (κ2) is 9.10. The number of hydrogen-bond acceptors (Lipinski definition) is 6. The number of methoxy groups -OCH3 is 3. The number of nitrogens with zero attached hydrogens (tertiary/aromatic N) is 2. The first kappa shape index (κ1) is 22.0. The Balaban J connectivity index is 1.57. The molecule has 1 N–H and O–H groups in total. The summed E-state index contributed by atoms with van der Waals surface area (Å²) in [6.07, 6.45) is 0. The third-order valence-corrected chi connectivity index (χ3v) is 6.48. The zero-order valence-electron chi connectivity index (χ0n) is 18.1. The molecule has 0 unspecified atom stereocenters. The van der Waals surface area contributed by atoms with Gasteiger partial charge in [-0.3, -0.25) is 9.48 Å². The van der Waals surface area contributed by atoms with Crippen molar-refractivity contribution in [2.45, 2.75) is 6.54 Å². The maximum atomic E-state index is 12.9. The number of benzene rings is 2. The number of fused-ring (bicyclic) bond motifs is 1. The molecule has 0 aliphatic heterocycles. The first-order valence-corrected chi connectivity index (χ1v) is 10.9. The molecule has 9 heteroatoms. The van der Waals surface area contributed by atoms with Crippen molar-refractivity contribution in [1.29, 1.82) is 0 Å². The summed E-state index contributed by atoms with van der Waals surface area (Å²) in [5, 5.41) is 9.17. The molecule has 1 amide bonds. The molecule has 0 radical (unpaired) electrons. The van der Waals surface area contributed by atoms with Gasteiger partial charge in [0, 0.05) is 29.6 Å².